The third kappa shape index (κ3) is 6.14. The zero-order valence-electron chi connectivity index (χ0n) is 20.1. The van der Waals surface area contributed by atoms with Gasteiger partial charge >= 0.3 is 5.97 Å². The van der Waals surface area contributed by atoms with Crippen LogP contribution < -0.4 is 0 Å². The van der Waals surface area contributed by atoms with E-state index in [0.717, 1.165) is 68.0 Å². The van der Waals surface area contributed by atoms with Crippen molar-refractivity contribution in [2.75, 3.05) is 13.2 Å². The minimum Gasteiger partial charge on any atom is -0.480 e. The molecule has 0 radical (unpaired) electrons. The molecule has 4 rings (SSSR count). The van der Waals surface area contributed by atoms with Crippen molar-refractivity contribution in [2.45, 2.75) is 52.0 Å². The van der Waals surface area contributed by atoms with Crippen molar-refractivity contribution in [3.8, 4) is 22.4 Å². The molecule has 0 aliphatic heterocycles. The van der Waals surface area contributed by atoms with Gasteiger partial charge in [0, 0.05) is 23.4 Å². The largest absolute Gasteiger partial charge is 0.480 e. The van der Waals surface area contributed by atoms with Crippen LogP contribution >= 0.6 is 0 Å². The van der Waals surface area contributed by atoms with Crippen LogP contribution in [0.3, 0.4) is 0 Å². The molecule has 0 unspecified atom stereocenters. The number of nitrogens with zero attached hydrogens (tertiary/aromatic N) is 2. The van der Waals surface area contributed by atoms with Gasteiger partial charge < -0.3 is 9.84 Å². The Bertz CT molecular complexity index is 1140. The molecule has 0 bridgehead atoms. The first kappa shape index (κ1) is 25.0. The SMILES string of the molecule is CCCc1c(-c2ccccc2)c(-c2ccc(F)c(F)c2)nn1CC1CCC(COCC(=O)O)CC1. The van der Waals surface area contributed by atoms with Gasteiger partial charge in [-0.05, 0) is 67.7 Å². The molecule has 1 aliphatic rings. The fraction of sp³-hybridized carbons (Fsp3) is 0.429. The van der Waals surface area contributed by atoms with Gasteiger partial charge in [0.25, 0.3) is 0 Å². The first-order valence-electron chi connectivity index (χ1n) is 12.4. The lowest BCUT2D eigenvalue weighted by atomic mass is 9.82. The average Bonchev–Trinajstić information content (AvgIpc) is 3.20. The maximum absolute atomic E-state index is 14.1. The number of carboxylic acid groups (broad SMARTS) is 1. The fourth-order valence-electron chi connectivity index (χ4n) is 5.03. The summed E-state index contributed by atoms with van der Waals surface area (Å²) >= 11 is 0. The van der Waals surface area contributed by atoms with Crippen molar-refractivity contribution >= 4 is 5.97 Å². The smallest absolute Gasteiger partial charge is 0.329 e. The molecule has 2 aromatic carbocycles. The van der Waals surface area contributed by atoms with E-state index in [1.54, 1.807) is 6.07 Å². The molecule has 1 heterocycles. The van der Waals surface area contributed by atoms with E-state index in [1.807, 2.05) is 30.3 Å². The Hall–Kier alpha value is -3.06. The summed E-state index contributed by atoms with van der Waals surface area (Å²) in [5.41, 5.74) is 4.35. The second kappa shape index (κ2) is 11.6. The number of ether oxygens (including phenoxy) is 1. The zero-order valence-corrected chi connectivity index (χ0v) is 20.1. The van der Waals surface area contributed by atoms with Crippen LogP contribution in [0.15, 0.2) is 48.5 Å². The van der Waals surface area contributed by atoms with E-state index in [2.05, 4.69) is 11.6 Å². The Morgan fingerprint density at radius 3 is 2.40 bits per heavy atom. The normalized spacial score (nSPS) is 18.0. The molecule has 1 fully saturated rings. The third-order valence-corrected chi connectivity index (χ3v) is 6.78. The third-order valence-electron chi connectivity index (χ3n) is 6.78. The van der Waals surface area contributed by atoms with Gasteiger partial charge in [-0.25, -0.2) is 13.6 Å². The van der Waals surface area contributed by atoms with Crippen LogP contribution in [-0.2, 0) is 22.5 Å². The van der Waals surface area contributed by atoms with Crippen molar-refractivity contribution in [1.29, 1.82) is 0 Å². The standard InChI is InChI=1S/C28H32F2N2O3/c1-2-6-25-27(21-7-4-3-5-8-21)28(22-13-14-23(29)24(30)15-22)31-32(25)16-19-9-11-20(12-10-19)17-35-18-26(33)34/h3-5,7-8,13-15,19-20H,2,6,9-12,16-18H2,1H3,(H,33,34). The Kier molecular flexibility index (Phi) is 8.29. The van der Waals surface area contributed by atoms with Crippen LogP contribution in [-0.4, -0.2) is 34.1 Å². The highest BCUT2D eigenvalue weighted by molar-refractivity contribution is 5.82. The van der Waals surface area contributed by atoms with Gasteiger partial charge in [-0.15, -0.1) is 0 Å². The van der Waals surface area contributed by atoms with E-state index in [-0.39, 0.29) is 6.61 Å². The molecule has 5 nitrogen and oxygen atoms in total. The van der Waals surface area contributed by atoms with Gasteiger partial charge in [0.15, 0.2) is 11.6 Å². The molecular weight excluding hydrogens is 450 g/mol. The van der Waals surface area contributed by atoms with Crippen LogP contribution in [0.25, 0.3) is 22.4 Å². The number of halogens is 2. The number of hydrogen-bond donors (Lipinski definition) is 1. The highest BCUT2D eigenvalue weighted by Crippen LogP contribution is 2.37. The second-order valence-corrected chi connectivity index (χ2v) is 9.39. The maximum atomic E-state index is 14.1. The maximum Gasteiger partial charge on any atom is 0.329 e. The molecule has 35 heavy (non-hydrogen) atoms. The molecule has 1 aromatic heterocycles. The number of rotatable bonds is 10. The molecule has 1 saturated carbocycles. The number of aliphatic carboxylic acids is 1. The molecule has 0 atom stereocenters. The number of hydrogen-bond acceptors (Lipinski definition) is 3. The second-order valence-electron chi connectivity index (χ2n) is 9.39. The van der Waals surface area contributed by atoms with Gasteiger partial charge in [-0.3, -0.25) is 4.68 Å². The highest BCUT2D eigenvalue weighted by atomic mass is 19.2. The Morgan fingerprint density at radius 1 is 1.03 bits per heavy atom. The van der Waals surface area contributed by atoms with E-state index < -0.39 is 17.6 Å². The van der Waals surface area contributed by atoms with Gasteiger partial charge in [-0.1, -0.05) is 43.7 Å². The highest BCUT2D eigenvalue weighted by Gasteiger charge is 2.26. The van der Waals surface area contributed by atoms with Crippen molar-refractivity contribution in [2.24, 2.45) is 11.8 Å². The quantitative estimate of drug-likeness (QED) is 0.365. The van der Waals surface area contributed by atoms with Gasteiger partial charge in [0.1, 0.15) is 12.3 Å². The van der Waals surface area contributed by atoms with Crippen molar-refractivity contribution in [1.82, 2.24) is 9.78 Å². The molecular formula is C28H32F2N2O3. The lowest BCUT2D eigenvalue weighted by molar-refractivity contribution is -0.142. The van der Waals surface area contributed by atoms with Crippen LogP contribution in [0.2, 0.25) is 0 Å². The fourth-order valence-corrected chi connectivity index (χ4v) is 5.03. The summed E-state index contributed by atoms with van der Waals surface area (Å²) in [5.74, 6) is -1.85. The first-order valence-corrected chi connectivity index (χ1v) is 12.4. The van der Waals surface area contributed by atoms with Crippen LogP contribution in [0, 0.1) is 23.5 Å². The van der Waals surface area contributed by atoms with E-state index in [1.165, 1.54) is 6.07 Å². The van der Waals surface area contributed by atoms with Crippen molar-refractivity contribution < 1.29 is 23.4 Å². The monoisotopic (exact) mass is 482 g/mol. The number of carboxylic acids is 1. The molecule has 0 amide bonds. The predicted molar refractivity (Wildman–Crippen MR) is 131 cm³/mol. The molecule has 1 N–H and O–H groups in total. The Morgan fingerprint density at radius 2 is 1.74 bits per heavy atom. The minimum atomic E-state index is -0.938. The molecule has 186 valence electrons. The first-order chi connectivity index (χ1) is 17.0. The van der Waals surface area contributed by atoms with E-state index in [4.69, 9.17) is 14.9 Å². The van der Waals surface area contributed by atoms with Crippen LogP contribution in [0.5, 0.6) is 0 Å². The van der Waals surface area contributed by atoms with E-state index in [0.29, 0.717) is 29.7 Å². The predicted octanol–water partition coefficient (Wildman–Crippen LogP) is 6.36. The van der Waals surface area contributed by atoms with Crippen molar-refractivity contribution in [3.05, 3.63) is 65.9 Å². The van der Waals surface area contributed by atoms with Gasteiger partial charge in [0.05, 0.1) is 6.61 Å². The summed E-state index contributed by atoms with van der Waals surface area (Å²) in [7, 11) is 0. The van der Waals surface area contributed by atoms with E-state index in [9.17, 15) is 13.6 Å². The summed E-state index contributed by atoms with van der Waals surface area (Å²) in [4.78, 5) is 10.7. The van der Waals surface area contributed by atoms with Gasteiger partial charge in [-0.2, -0.15) is 5.10 Å². The summed E-state index contributed by atoms with van der Waals surface area (Å²) < 4.78 is 35.2. The topological polar surface area (TPSA) is 64.4 Å². The molecule has 0 spiro atoms. The van der Waals surface area contributed by atoms with Crippen LogP contribution in [0.4, 0.5) is 8.78 Å². The molecule has 7 heteroatoms. The molecule has 0 saturated heterocycles. The number of aromatic nitrogens is 2. The van der Waals surface area contributed by atoms with Crippen LogP contribution in [0.1, 0.15) is 44.7 Å². The number of carbonyl (C=O) groups is 1. The van der Waals surface area contributed by atoms with Gasteiger partial charge in [0.2, 0.25) is 0 Å². The number of benzene rings is 2. The summed E-state index contributed by atoms with van der Waals surface area (Å²) in [6, 6.07) is 14.0. The lowest BCUT2D eigenvalue weighted by Gasteiger charge is -2.28. The average molecular weight is 483 g/mol. The summed E-state index contributed by atoms with van der Waals surface area (Å²) in [5, 5.41) is 13.7. The lowest BCUT2D eigenvalue weighted by Crippen LogP contribution is -2.23. The molecule has 1 aliphatic carbocycles. The Labute approximate surface area is 204 Å². The Balaban J connectivity index is 1.61. The van der Waals surface area contributed by atoms with Crippen molar-refractivity contribution in [3.63, 3.8) is 0 Å². The molecule has 3 aromatic rings. The summed E-state index contributed by atoms with van der Waals surface area (Å²) in [6.07, 6.45) is 5.81. The summed E-state index contributed by atoms with van der Waals surface area (Å²) in [6.45, 7) is 3.14. The minimum absolute atomic E-state index is 0.247. The zero-order chi connectivity index (χ0) is 24.8. The van der Waals surface area contributed by atoms with E-state index >= 15 is 0 Å².